The lowest BCUT2D eigenvalue weighted by molar-refractivity contribution is 0.966. The van der Waals surface area contributed by atoms with E-state index < -0.39 is 0 Å². The van der Waals surface area contributed by atoms with Crippen LogP contribution in [0.15, 0.2) is 65.6 Å². The molecule has 3 heterocycles. The average molecular weight is 323 g/mol. The molecule has 5 nitrogen and oxygen atoms in total. The molecule has 0 spiro atoms. The first kappa shape index (κ1) is 13.7. The molecule has 0 aliphatic rings. The van der Waals surface area contributed by atoms with Crippen LogP contribution in [0.1, 0.15) is 0 Å². The second kappa shape index (κ2) is 5.37. The highest BCUT2D eigenvalue weighted by molar-refractivity contribution is 6.30. The van der Waals surface area contributed by atoms with Crippen molar-refractivity contribution in [3.8, 4) is 22.5 Å². The maximum absolute atomic E-state index is 11.3. The van der Waals surface area contributed by atoms with Crippen molar-refractivity contribution >= 4 is 17.1 Å². The number of aromatic amines is 1. The van der Waals surface area contributed by atoms with E-state index in [4.69, 9.17) is 11.6 Å². The van der Waals surface area contributed by atoms with Gasteiger partial charge in [0.1, 0.15) is 5.69 Å². The summed E-state index contributed by atoms with van der Waals surface area (Å²) in [5.74, 6) is 0. The van der Waals surface area contributed by atoms with Crippen LogP contribution in [0.25, 0.3) is 28.0 Å². The number of halogens is 1. The van der Waals surface area contributed by atoms with E-state index in [1.54, 1.807) is 10.6 Å². The van der Waals surface area contributed by atoms with Crippen molar-refractivity contribution in [2.75, 3.05) is 0 Å². The van der Waals surface area contributed by atoms with Gasteiger partial charge in [-0.3, -0.25) is 4.79 Å². The molecule has 4 aromatic rings. The van der Waals surface area contributed by atoms with Crippen LogP contribution in [-0.4, -0.2) is 19.8 Å². The van der Waals surface area contributed by atoms with E-state index in [2.05, 4.69) is 15.3 Å². The highest BCUT2D eigenvalue weighted by Gasteiger charge is 2.17. The van der Waals surface area contributed by atoms with E-state index in [0.29, 0.717) is 10.7 Å². The summed E-state index contributed by atoms with van der Waals surface area (Å²) in [6, 6.07) is 16.5. The SMILES string of the molecule is O=c1ccc(-c2c(-c3cccc(Cl)c3)nn3ccccc23)n[nH]1. The Bertz CT molecular complexity index is 1050. The van der Waals surface area contributed by atoms with Crippen LogP contribution in [0.5, 0.6) is 0 Å². The Kier molecular flexibility index (Phi) is 3.20. The van der Waals surface area contributed by atoms with E-state index >= 15 is 0 Å². The normalized spacial score (nSPS) is 11.0. The van der Waals surface area contributed by atoms with Gasteiger partial charge in [0.25, 0.3) is 5.56 Å². The Balaban J connectivity index is 2.06. The summed E-state index contributed by atoms with van der Waals surface area (Å²) in [7, 11) is 0. The van der Waals surface area contributed by atoms with Crippen LogP contribution >= 0.6 is 11.6 Å². The van der Waals surface area contributed by atoms with Crippen molar-refractivity contribution in [2.45, 2.75) is 0 Å². The fourth-order valence-corrected chi connectivity index (χ4v) is 2.76. The number of benzene rings is 1. The average Bonchev–Trinajstić information content (AvgIpc) is 2.95. The molecule has 6 heteroatoms. The molecule has 0 amide bonds. The lowest BCUT2D eigenvalue weighted by Crippen LogP contribution is -2.05. The number of hydrogen-bond acceptors (Lipinski definition) is 3. The number of hydrogen-bond donors (Lipinski definition) is 1. The monoisotopic (exact) mass is 322 g/mol. The summed E-state index contributed by atoms with van der Waals surface area (Å²) in [6.07, 6.45) is 1.87. The Hall–Kier alpha value is -2.92. The van der Waals surface area contributed by atoms with E-state index in [1.165, 1.54) is 6.07 Å². The molecule has 1 N–H and O–H groups in total. The molecule has 0 atom stereocenters. The molecule has 0 radical (unpaired) electrons. The van der Waals surface area contributed by atoms with Crippen molar-refractivity contribution in [2.24, 2.45) is 0 Å². The third-order valence-electron chi connectivity index (χ3n) is 3.57. The number of nitrogens with one attached hydrogen (secondary N) is 1. The fraction of sp³-hybridized carbons (Fsp3) is 0. The minimum absolute atomic E-state index is 0.241. The minimum atomic E-state index is -0.241. The quantitative estimate of drug-likeness (QED) is 0.615. The summed E-state index contributed by atoms with van der Waals surface area (Å²) < 4.78 is 1.79. The number of H-pyrrole nitrogens is 1. The number of nitrogens with zero attached hydrogens (tertiary/aromatic N) is 3. The summed E-state index contributed by atoms with van der Waals surface area (Å²) in [5.41, 5.74) is 3.82. The van der Waals surface area contributed by atoms with Crippen LogP contribution in [0.3, 0.4) is 0 Å². The molecule has 0 saturated heterocycles. The molecule has 23 heavy (non-hydrogen) atoms. The van der Waals surface area contributed by atoms with E-state index in [0.717, 1.165) is 22.3 Å². The zero-order valence-corrected chi connectivity index (χ0v) is 12.7. The number of aromatic nitrogens is 4. The molecular weight excluding hydrogens is 312 g/mol. The molecule has 0 saturated carbocycles. The van der Waals surface area contributed by atoms with Gasteiger partial charge in [-0.1, -0.05) is 29.8 Å². The minimum Gasteiger partial charge on any atom is -0.268 e. The molecule has 1 aromatic carbocycles. The summed E-state index contributed by atoms with van der Waals surface area (Å²) in [4.78, 5) is 11.3. The summed E-state index contributed by atoms with van der Waals surface area (Å²) in [6.45, 7) is 0. The van der Waals surface area contributed by atoms with Gasteiger partial charge in [0.05, 0.1) is 16.8 Å². The summed E-state index contributed by atoms with van der Waals surface area (Å²) >= 11 is 6.11. The second-order valence-corrected chi connectivity index (χ2v) is 5.51. The van der Waals surface area contributed by atoms with Crippen LogP contribution < -0.4 is 5.56 Å². The van der Waals surface area contributed by atoms with Crippen LogP contribution in [0.4, 0.5) is 0 Å². The number of rotatable bonds is 2. The zero-order valence-electron chi connectivity index (χ0n) is 11.9. The Morgan fingerprint density at radius 2 is 1.96 bits per heavy atom. The van der Waals surface area contributed by atoms with Crippen molar-refractivity contribution in [3.05, 3.63) is 76.2 Å². The van der Waals surface area contributed by atoms with Crippen molar-refractivity contribution in [1.29, 1.82) is 0 Å². The zero-order chi connectivity index (χ0) is 15.8. The van der Waals surface area contributed by atoms with Gasteiger partial charge < -0.3 is 0 Å². The van der Waals surface area contributed by atoms with Gasteiger partial charge >= 0.3 is 0 Å². The summed E-state index contributed by atoms with van der Waals surface area (Å²) in [5, 5.41) is 11.9. The highest BCUT2D eigenvalue weighted by atomic mass is 35.5. The molecule has 0 aliphatic carbocycles. The van der Waals surface area contributed by atoms with Crippen LogP contribution in [0, 0.1) is 0 Å². The van der Waals surface area contributed by atoms with Crippen LogP contribution in [0.2, 0.25) is 5.02 Å². The molecule has 0 unspecified atom stereocenters. The van der Waals surface area contributed by atoms with E-state index in [1.807, 2.05) is 48.7 Å². The maximum Gasteiger partial charge on any atom is 0.264 e. The van der Waals surface area contributed by atoms with Crippen LogP contribution in [-0.2, 0) is 0 Å². The van der Waals surface area contributed by atoms with Crippen molar-refractivity contribution < 1.29 is 0 Å². The molecule has 3 aromatic heterocycles. The van der Waals surface area contributed by atoms with E-state index in [9.17, 15) is 4.79 Å². The molecule has 0 bridgehead atoms. The van der Waals surface area contributed by atoms with Gasteiger partial charge in [-0.2, -0.15) is 10.2 Å². The predicted octanol–water partition coefficient (Wildman–Crippen LogP) is 3.41. The molecule has 0 aliphatic heterocycles. The highest BCUT2D eigenvalue weighted by Crippen LogP contribution is 2.34. The standard InChI is InChI=1S/C17H11ClN4O/c18-12-5-3-4-11(10-12)17-16(13-7-8-15(23)20-19-13)14-6-1-2-9-22(14)21-17/h1-10H,(H,20,23). The molecule has 4 rings (SSSR count). The van der Waals surface area contributed by atoms with Gasteiger partial charge in [-0.25, -0.2) is 9.61 Å². The third kappa shape index (κ3) is 2.41. The predicted molar refractivity (Wildman–Crippen MR) is 89.5 cm³/mol. The molecule has 0 fully saturated rings. The van der Waals surface area contributed by atoms with Gasteiger partial charge in [0.15, 0.2) is 0 Å². The first-order valence-electron chi connectivity index (χ1n) is 7.02. The molecular formula is C17H11ClN4O. The van der Waals surface area contributed by atoms with Gasteiger partial charge in [-0.15, -0.1) is 0 Å². The number of fused-ring (bicyclic) bond motifs is 1. The smallest absolute Gasteiger partial charge is 0.264 e. The van der Waals surface area contributed by atoms with Crippen molar-refractivity contribution in [1.82, 2.24) is 19.8 Å². The largest absolute Gasteiger partial charge is 0.268 e. The van der Waals surface area contributed by atoms with Gasteiger partial charge in [-0.05, 0) is 30.3 Å². The first-order valence-corrected chi connectivity index (χ1v) is 7.39. The Labute approximate surface area is 136 Å². The first-order chi connectivity index (χ1) is 11.2. The third-order valence-corrected chi connectivity index (χ3v) is 3.81. The lowest BCUT2D eigenvalue weighted by Gasteiger charge is -2.03. The Morgan fingerprint density at radius 3 is 2.74 bits per heavy atom. The second-order valence-electron chi connectivity index (χ2n) is 5.07. The van der Waals surface area contributed by atoms with Gasteiger partial charge in [0.2, 0.25) is 0 Å². The Morgan fingerprint density at radius 1 is 1.04 bits per heavy atom. The van der Waals surface area contributed by atoms with Gasteiger partial charge in [0, 0.05) is 22.8 Å². The number of pyridine rings is 1. The molecule has 112 valence electrons. The lowest BCUT2D eigenvalue weighted by atomic mass is 10.0. The van der Waals surface area contributed by atoms with E-state index in [-0.39, 0.29) is 5.56 Å². The van der Waals surface area contributed by atoms with Crippen molar-refractivity contribution in [3.63, 3.8) is 0 Å². The topological polar surface area (TPSA) is 63.1 Å². The fourth-order valence-electron chi connectivity index (χ4n) is 2.57. The maximum atomic E-state index is 11.3.